The van der Waals surface area contributed by atoms with Crippen molar-refractivity contribution in [2.45, 2.75) is 20.8 Å². The summed E-state index contributed by atoms with van der Waals surface area (Å²) in [4.78, 5) is 0. The molecule has 21 heavy (non-hydrogen) atoms. The van der Waals surface area contributed by atoms with Crippen LogP contribution in [0, 0.1) is 6.92 Å². The summed E-state index contributed by atoms with van der Waals surface area (Å²) in [6.45, 7) is 6.08. The molecule has 0 aliphatic heterocycles. The Morgan fingerprint density at radius 2 is 1.57 bits per heavy atom. The van der Waals surface area contributed by atoms with Gasteiger partial charge in [0.15, 0.2) is 0 Å². The summed E-state index contributed by atoms with van der Waals surface area (Å²) in [5.74, 6) is 0. The molecule has 0 heterocycles. The maximum Gasteiger partial charge on any atom is -0.0809 e. The van der Waals surface area contributed by atoms with Crippen LogP contribution in [-0.2, 0) is 15.3 Å². The molecule has 3 aromatic rings. The zero-order chi connectivity index (χ0) is 15.7. The topological polar surface area (TPSA) is 0 Å². The van der Waals surface area contributed by atoms with E-state index >= 15 is 0 Å². The molecule has 3 aromatic carbocycles. The van der Waals surface area contributed by atoms with Crippen LogP contribution in [0.3, 0.4) is 0 Å². The monoisotopic (exact) mass is 354 g/mol. The fourth-order valence-electron chi connectivity index (χ4n) is 1.63. The Morgan fingerprint density at radius 1 is 1.00 bits per heavy atom. The number of halogens is 2. The Balaban J connectivity index is 0.000000173. The van der Waals surface area contributed by atoms with E-state index in [-0.39, 0.29) is 0 Å². The summed E-state index contributed by atoms with van der Waals surface area (Å²) in [5, 5.41) is 2.72. The Hall–Kier alpha value is -0.656. The zero-order valence-electron chi connectivity index (χ0n) is 12.6. The summed E-state index contributed by atoms with van der Waals surface area (Å²) in [6, 6.07) is 22.8. The Bertz CT molecular complexity index is 628. The number of hydrogen-bond donors (Lipinski definition) is 0. The molecule has 0 N–H and O–H groups in total. The van der Waals surface area contributed by atoms with Gasteiger partial charge in [0, 0.05) is 0 Å². The fourth-order valence-corrected chi connectivity index (χ4v) is 1.63. The van der Waals surface area contributed by atoms with Gasteiger partial charge in [-0.1, -0.05) is 13.0 Å². The van der Waals surface area contributed by atoms with Crippen molar-refractivity contribution in [2.24, 2.45) is 0 Å². The molecule has 0 atom stereocenters. The minimum Gasteiger partial charge on any atom is -0.214 e. The number of rotatable bonds is 0. The van der Waals surface area contributed by atoms with Gasteiger partial charge in [-0.2, -0.15) is 29.8 Å². The molecule has 0 bridgehead atoms. The first-order chi connectivity index (χ1) is 10.0. The standard InChI is InChI=1S/C10H9.C5H5.C3H6.2ClH.Ti/c1-8-6-7-9-4-2-3-5-10(8)9;1-2-4-5-3-1;1-3-2;;;/h2-7H,1H3;1-5H;1-2H3;2*1H;/q2*-1;;;;+2/p-2. The largest absolute Gasteiger partial charge is 0.214 e. The average Bonchev–Trinajstić information content (AvgIpc) is 3.14. The van der Waals surface area contributed by atoms with Gasteiger partial charge in [0.2, 0.25) is 0 Å². The molecule has 3 heteroatoms. The fraction of sp³-hybridized carbons (Fsp3) is 0.167. The van der Waals surface area contributed by atoms with Crippen molar-refractivity contribution < 1.29 is 15.3 Å². The van der Waals surface area contributed by atoms with Crippen molar-refractivity contribution >= 4 is 33.2 Å². The van der Waals surface area contributed by atoms with Gasteiger partial charge in [0.1, 0.15) is 0 Å². The second kappa shape index (κ2) is 10.1. The predicted molar refractivity (Wildman–Crippen MR) is 94.4 cm³/mol. The second-order valence-corrected chi connectivity index (χ2v) is 11.1. The van der Waals surface area contributed by atoms with Gasteiger partial charge in [-0.05, 0) is 0 Å². The van der Waals surface area contributed by atoms with E-state index in [2.05, 4.69) is 43.3 Å². The van der Waals surface area contributed by atoms with Crippen LogP contribution >= 0.6 is 18.6 Å². The number of fused-ring (bicyclic) bond motifs is 1. The molecule has 0 aliphatic carbocycles. The zero-order valence-corrected chi connectivity index (χ0v) is 15.7. The van der Waals surface area contributed by atoms with Gasteiger partial charge in [-0.3, -0.25) is 0 Å². The smallest absolute Gasteiger partial charge is 0.0809 e. The Kier molecular flexibility index (Phi) is 8.88. The molecular formula is C18H20Cl2Ti-2. The minimum absolute atomic E-state index is 1.21. The molecule has 0 nitrogen and oxygen atoms in total. The van der Waals surface area contributed by atoms with Crippen LogP contribution in [0.4, 0.5) is 0 Å². The van der Waals surface area contributed by atoms with Crippen LogP contribution in [0.15, 0.2) is 66.7 Å². The Labute approximate surface area is 141 Å². The van der Waals surface area contributed by atoms with E-state index in [9.17, 15) is 0 Å². The predicted octanol–water partition coefficient (Wildman–Crippen LogP) is 6.40. The van der Waals surface area contributed by atoms with Crippen LogP contribution in [0.2, 0.25) is 0 Å². The molecule has 0 saturated heterocycles. The quantitative estimate of drug-likeness (QED) is 0.323. The molecule has 0 aromatic heterocycles. The van der Waals surface area contributed by atoms with Crippen LogP contribution in [-0.4, -0.2) is 3.81 Å². The van der Waals surface area contributed by atoms with Crippen molar-refractivity contribution in [1.29, 1.82) is 0 Å². The number of aryl methyl sites for hydroxylation is 1. The van der Waals surface area contributed by atoms with Gasteiger partial charge in [0.05, 0.1) is 0 Å². The molecule has 0 amide bonds. The van der Waals surface area contributed by atoms with Gasteiger partial charge < -0.3 is 0 Å². The van der Waals surface area contributed by atoms with Gasteiger partial charge in [-0.15, -0.1) is 35.0 Å². The molecule has 0 saturated carbocycles. The summed E-state index contributed by atoms with van der Waals surface area (Å²) in [6.07, 6.45) is 0. The summed E-state index contributed by atoms with van der Waals surface area (Å²) in [7, 11) is 11.0. The SMILES string of the molecule is C[C](C)=[Ti]([Cl])[Cl].Cc1c[cH-]c2ccccc12.c1cc[cH-]c1. The number of hydrogen-bond acceptors (Lipinski definition) is 0. The van der Waals surface area contributed by atoms with Crippen LogP contribution in [0.5, 0.6) is 0 Å². The second-order valence-electron chi connectivity index (χ2n) is 4.83. The van der Waals surface area contributed by atoms with Crippen molar-refractivity contribution in [3.05, 3.63) is 72.3 Å². The Morgan fingerprint density at radius 3 is 2.00 bits per heavy atom. The van der Waals surface area contributed by atoms with Crippen molar-refractivity contribution in [3.63, 3.8) is 0 Å². The molecule has 0 radical (unpaired) electrons. The summed E-state index contributed by atoms with van der Waals surface area (Å²) < 4.78 is 1.21. The molecule has 3 rings (SSSR count). The van der Waals surface area contributed by atoms with E-state index in [1.165, 1.54) is 20.1 Å². The van der Waals surface area contributed by atoms with E-state index in [0.717, 1.165) is 0 Å². The third-order valence-corrected chi connectivity index (χ3v) is 7.13. The first kappa shape index (κ1) is 18.4. The molecule has 0 aliphatic rings. The van der Waals surface area contributed by atoms with E-state index in [4.69, 9.17) is 18.6 Å². The average molecular weight is 355 g/mol. The van der Waals surface area contributed by atoms with Gasteiger partial charge >= 0.3 is 51.6 Å². The van der Waals surface area contributed by atoms with E-state index in [1.54, 1.807) is 0 Å². The van der Waals surface area contributed by atoms with Crippen molar-refractivity contribution in [3.8, 4) is 0 Å². The van der Waals surface area contributed by atoms with Gasteiger partial charge in [-0.25, -0.2) is 12.1 Å². The first-order valence-corrected chi connectivity index (χ1v) is 11.9. The molecule has 0 unspecified atom stereocenters. The van der Waals surface area contributed by atoms with Gasteiger partial charge in [0.25, 0.3) is 0 Å². The molecule has 0 fully saturated rings. The first-order valence-electron chi connectivity index (χ1n) is 6.78. The van der Waals surface area contributed by atoms with E-state index in [1.807, 2.05) is 44.2 Å². The normalized spacial score (nSPS) is 9.19. The van der Waals surface area contributed by atoms with Crippen molar-refractivity contribution in [2.75, 3.05) is 0 Å². The molecular weight excluding hydrogens is 335 g/mol. The molecule has 112 valence electrons. The molecule has 0 spiro atoms. The summed E-state index contributed by atoms with van der Waals surface area (Å²) in [5.41, 5.74) is 1.37. The third-order valence-electron chi connectivity index (χ3n) is 2.83. The third kappa shape index (κ3) is 7.24. The van der Waals surface area contributed by atoms with E-state index in [0.29, 0.717) is 0 Å². The number of benzene rings is 1. The van der Waals surface area contributed by atoms with E-state index < -0.39 is 15.3 Å². The summed E-state index contributed by atoms with van der Waals surface area (Å²) >= 11 is -1.60. The van der Waals surface area contributed by atoms with Crippen LogP contribution in [0.1, 0.15) is 19.4 Å². The maximum atomic E-state index is 5.51. The van der Waals surface area contributed by atoms with Crippen LogP contribution < -0.4 is 0 Å². The van der Waals surface area contributed by atoms with Crippen molar-refractivity contribution in [1.82, 2.24) is 0 Å². The minimum atomic E-state index is -1.60. The van der Waals surface area contributed by atoms with Crippen LogP contribution in [0.25, 0.3) is 10.8 Å². The maximum absolute atomic E-state index is 5.51.